The largest absolute Gasteiger partial charge is 0.481 e. The van der Waals surface area contributed by atoms with Gasteiger partial charge >= 0.3 is 5.97 Å². The summed E-state index contributed by atoms with van der Waals surface area (Å²) in [4.78, 5) is 21.8. The number of aliphatic carboxylic acids is 1. The van der Waals surface area contributed by atoms with Gasteiger partial charge in [-0.05, 0) is 30.0 Å². The summed E-state index contributed by atoms with van der Waals surface area (Å²) in [5, 5.41) is 20.2. The molecule has 0 aliphatic heterocycles. The number of carboxylic acids is 1. The van der Waals surface area contributed by atoms with Gasteiger partial charge in [-0.2, -0.15) is 0 Å². The third-order valence-electron chi connectivity index (χ3n) is 3.42. The SMILES string of the molecule is Cc1ccccc1C(Cc1cccc([N+](=O)[O-])c1)C(=O)O. The molecule has 2 aromatic carbocycles. The van der Waals surface area contributed by atoms with Gasteiger partial charge in [0.05, 0.1) is 10.8 Å². The van der Waals surface area contributed by atoms with Crippen molar-refractivity contribution >= 4 is 11.7 Å². The van der Waals surface area contributed by atoms with E-state index in [1.807, 2.05) is 19.1 Å². The number of hydrogen-bond acceptors (Lipinski definition) is 3. The van der Waals surface area contributed by atoms with E-state index in [0.29, 0.717) is 5.56 Å². The molecule has 5 heteroatoms. The second-order valence-corrected chi connectivity index (χ2v) is 4.88. The summed E-state index contributed by atoms with van der Waals surface area (Å²) in [6.45, 7) is 1.86. The zero-order valence-electron chi connectivity index (χ0n) is 11.5. The van der Waals surface area contributed by atoms with Crippen molar-refractivity contribution < 1.29 is 14.8 Å². The van der Waals surface area contributed by atoms with Gasteiger partial charge in [0, 0.05) is 12.1 Å². The summed E-state index contributed by atoms with van der Waals surface area (Å²) in [6.07, 6.45) is 0.224. The van der Waals surface area contributed by atoms with Crippen molar-refractivity contribution in [3.05, 3.63) is 75.3 Å². The Kier molecular flexibility index (Phi) is 4.33. The lowest BCUT2D eigenvalue weighted by Crippen LogP contribution is -2.15. The van der Waals surface area contributed by atoms with Crippen molar-refractivity contribution in [2.75, 3.05) is 0 Å². The molecular formula is C16H15NO4. The van der Waals surface area contributed by atoms with Gasteiger partial charge in [0.15, 0.2) is 0 Å². The number of non-ortho nitro benzene ring substituents is 1. The molecule has 0 radical (unpaired) electrons. The number of nitro benzene ring substituents is 1. The van der Waals surface area contributed by atoms with E-state index in [9.17, 15) is 20.0 Å². The number of nitrogens with zero attached hydrogens (tertiary/aromatic N) is 1. The van der Waals surface area contributed by atoms with Gasteiger partial charge in [0.2, 0.25) is 0 Å². The first-order chi connectivity index (χ1) is 9.99. The Morgan fingerprint density at radius 2 is 1.95 bits per heavy atom. The molecule has 0 bridgehead atoms. The molecule has 0 spiro atoms. The number of rotatable bonds is 5. The van der Waals surface area contributed by atoms with E-state index in [4.69, 9.17) is 0 Å². The van der Waals surface area contributed by atoms with Crippen LogP contribution in [0.15, 0.2) is 48.5 Å². The number of benzene rings is 2. The van der Waals surface area contributed by atoms with Gasteiger partial charge in [0.25, 0.3) is 5.69 Å². The van der Waals surface area contributed by atoms with Crippen LogP contribution < -0.4 is 0 Å². The molecule has 5 nitrogen and oxygen atoms in total. The van der Waals surface area contributed by atoms with Crippen molar-refractivity contribution in [3.63, 3.8) is 0 Å². The van der Waals surface area contributed by atoms with Gasteiger partial charge in [0.1, 0.15) is 0 Å². The molecule has 0 saturated carbocycles. The number of carboxylic acid groups (broad SMARTS) is 1. The van der Waals surface area contributed by atoms with E-state index in [-0.39, 0.29) is 12.1 Å². The number of nitro groups is 1. The lowest BCUT2D eigenvalue weighted by molar-refractivity contribution is -0.384. The van der Waals surface area contributed by atoms with Crippen LogP contribution in [0.4, 0.5) is 5.69 Å². The molecule has 0 aliphatic carbocycles. The first-order valence-electron chi connectivity index (χ1n) is 6.50. The van der Waals surface area contributed by atoms with Crippen LogP contribution in [-0.4, -0.2) is 16.0 Å². The maximum absolute atomic E-state index is 11.5. The van der Waals surface area contributed by atoms with Crippen LogP contribution in [0, 0.1) is 17.0 Å². The van der Waals surface area contributed by atoms with Crippen molar-refractivity contribution in [1.29, 1.82) is 0 Å². The van der Waals surface area contributed by atoms with E-state index in [0.717, 1.165) is 11.1 Å². The number of carbonyl (C=O) groups is 1. The van der Waals surface area contributed by atoms with Crippen LogP contribution in [0.5, 0.6) is 0 Å². The predicted octanol–water partition coefficient (Wildman–Crippen LogP) is 3.31. The van der Waals surface area contributed by atoms with E-state index in [1.165, 1.54) is 12.1 Å². The fraction of sp³-hybridized carbons (Fsp3) is 0.188. The molecule has 21 heavy (non-hydrogen) atoms. The highest BCUT2D eigenvalue weighted by Gasteiger charge is 2.22. The van der Waals surface area contributed by atoms with Crippen LogP contribution in [0.25, 0.3) is 0 Å². The zero-order valence-corrected chi connectivity index (χ0v) is 11.5. The predicted molar refractivity (Wildman–Crippen MR) is 78.4 cm³/mol. The second-order valence-electron chi connectivity index (χ2n) is 4.88. The highest BCUT2D eigenvalue weighted by molar-refractivity contribution is 5.77. The first kappa shape index (κ1) is 14.7. The Morgan fingerprint density at radius 3 is 2.57 bits per heavy atom. The molecule has 0 heterocycles. The summed E-state index contributed by atoms with van der Waals surface area (Å²) in [6, 6.07) is 13.4. The molecule has 108 valence electrons. The van der Waals surface area contributed by atoms with Crippen LogP contribution in [0.3, 0.4) is 0 Å². The number of aryl methyl sites for hydroxylation is 1. The van der Waals surface area contributed by atoms with Crippen LogP contribution >= 0.6 is 0 Å². The topological polar surface area (TPSA) is 80.4 Å². The molecular weight excluding hydrogens is 270 g/mol. The highest BCUT2D eigenvalue weighted by atomic mass is 16.6. The minimum Gasteiger partial charge on any atom is -0.481 e. The molecule has 1 N–H and O–H groups in total. The number of hydrogen-bond donors (Lipinski definition) is 1. The van der Waals surface area contributed by atoms with Crippen molar-refractivity contribution in [1.82, 2.24) is 0 Å². The summed E-state index contributed by atoms with van der Waals surface area (Å²) >= 11 is 0. The Hall–Kier alpha value is -2.69. The van der Waals surface area contributed by atoms with Crippen LogP contribution in [0.1, 0.15) is 22.6 Å². The smallest absolute Gasteiger partial charge is 0.311 e. The average molecular weight is 285 g/mol. The molecule has 0 aromatic heterocycles. The minimum absolute atomic E-state index is 0.0265. The Balaban J connectivity index is 2.33. The normalized spacial score (nSPS) is 11.9. The van der Waals surface area contributed by atoms with E-state index in [2.05, 4.69) is 0 Å². The zero-order chi connectivity index (χ0) is 15.4. The highest BCUT2D eigenvalue weighted by Crippen LogP contribution is 2.25. The second kappa shape index (κ2) is 6.17. The van der Waals surface area contributed by atoms with Crippen molar-refractivity contribution in [2.45, 2.75) is 19.3 Å². The average Bonchev–Trinajstić information content (AvgIpc) is 2.45. The van der Waals surface area contributed by atoms with E-state index in [1.54, 1.807) is 24.3 Å². The minimum atomic E-state index is -0.934. The monoisotopic (exact) mass is 285 g/mol. The molecule has 1 unspecified atom stereocenters. The van der Waals surface area contributed by atoms with Crippen molar-refractivity contribution in [3.8, 4) is 0 Å². The third kappa shape index (κ3) is 3.45. The molecule has 2 rings (SSSR count). The Bertz CT molecular complexity index is 681. The Morgan fingerprint density at radius 1 is 1.24 bits per heavy atom. The standard InChI is InChI=1S/C16H15NO4/c1-11-5-2-3-8-14(11)15(16(18)19)10-12-6-4-7-13(9-12)17(20)21/h2-9,15H,10H2,1H3,(H,18,19). The third-order valence-corrected chi connectivity index (χ3v) is 3.42. The van der Waals surface area contributed by atoms with Gasteiger partial charge in [-0.25, -0.2) is 0 Å². The lowest BCUT2D eigenvalue weighted by atomic mass is 9.89. The molecule has 0 aliphatic rings. The van der Waals surface area contributed by atoms with Gasteiger partial charge in [-0.1, -0.05) is 36.4 Å². The molecule has 0 fully saturated rings. The van der Waals surface area contributed by atoms with Gasteiger partial charge in [-0.15, -0.1) is 0 Å². The molecule has 2 aromatic rings. The fourth-order valence-corrected chi connectivity index (χ4v) is 2.34. The fourth-order valence-electron chi connectivity index (χ4n) is 2.34. The van der Waals surface area contributed by atoms with Gasteiger partial charge in [-0.3, -0.25) is 14.9 Å². The van der Waals surface area contributed by atoms with Crippen LogP contribution in [0.2, 0.25) is 0 Å². The van der Waals surface area contributed by atoms with Crippen LogP contribution in [-0.2, 0) is 11.2 Å². The van der Waals surface area contributed by atoms with E-state index >= 15 is 0 Å². The maximum Gasteiger partial charge on any atom is 0.311 e. The summed E-state index contributed by atoms with van der Waals surface area (Å²) < 4.78 is 0. The Labute approximate surface area is 122 Å². The molecule has 1 atom stereocenters. The van der Waals surface area contributed by atoms with E-state index < -0.39 is 16.8 Å². The summed E-state index contributed by atoms with van der Waals surface area (Å²) in [7, 11) is 0. The van der Waals surface area contributed by atoms with Gasteiger partial charge < -0.3 is 5.11 Å². The molecule has 0 saturated heterocycles. The maximum atomic E-state index is 11.5. The lowest BCUT2D eigenvalue weighted by Gasteiger charge is -2.15. The molecule has 0 amide bonds. The summed E-state index contributed by atoms with van der Waals surface area (Å²) in [5.74, 6) is -1.65. The summed E-state index contributed by atoms with van der Waals surface area (Å²) in [5.41, 5.74) is 2.24. The van der Waals surface area contributed by atoms with Crippen molar-refractivity contribution in [2.24, 2.45) is 0 Å². The quantitative estimate of drug-likeness (QED) is 0.675. The first-order valence-corrected chi connectivity index (χ1v) is 6.50.